The Morgan fingerprint density at radius 3 is 1.70 bits per heavy atom. The minimum atomic E-state index is -0.419. The molecule has 8 nitrogen and oxygen atoms in total. The van der Waals surface area contributed by atoms with Crippen molar-refractivity contribution in [1.29, 1.82) is 0 Å². The standard InChI is InChI=1S/C44H30Br2Cl2O8/c1-51-37-19-25(20-38(52-2)41(37)45)33-15-23(17-35(55-33)27-9-5-7-11-31(27)47)13-29-43(49)30(44(29)50)14-24-16-34(26-21-39(53-3)42(46)40(22-26)54-4)56-36(18-24)28-10-6-8-12-32(28)48/h5-22H,1-4H3. The zero-order valence-electron chi connectivity index (χ0n) is 30.2. The van der Waals surface area contributed by atoms with Gasteiger partial charge in [-0.1, -0.05) is 53.2 Å². The van der Waals surface area contributed by atoms with Crippen LogP contribution in [0.3, 0.4) is 0 Å². The lowest BCUT2D eigenvalue weighted by Gasteiger charge is -2.29. The van der Waals surface area contributed by atoms with E-state index in [9.17, 15) is 9.90 Å². The Morgan fingerprint density at radius 2 is 1.16 bits per heavy atom. The molecule has 0 amide bonds. The van der Waals surface area contributed by atoms with Crippen molar-refractivity contribution < 1.29 is 38.0 Å². The van der Waals surface area contributed by atoms with E-state index in [2.05, 4.69) is 31.9 Å². The summed E-state index contributed by atoms with van der Waals surface area (Å²) in [5.74, 6) is 2.91. The molecule has 0 saturated heterocycles. The van der Waals surface area contributed by atoms with E-state index < -0.39 is 11.5 Å². The smallest absolute Gasteiger partial charge is 0.362 e. The van der Waals surface area contributed by atoms with Crippen molar-refractivity contribution >= 4 is 78.4 Å². The van der Waals surface area contributed by atoms with Crippen LogP contribution in [0.2, 0.25) is 10.0 Å². The minimum Gasteiger partial charge on any atom is -0.871 e. The highest BCUT2D eigenvalue weighted by Gasteiger charge is 2.29. The molecule has 4 aromatic carbocycles. The van der Waals surface area contributed by atoms with Crippen LogP contribution in [-0.2, 0) is 9.53 Å². The summed E-state index contributed by atoms with van der Waals surface area (Å²) in [4.78, 5) is 13.8. The second-order valence-corrected chi connectivity index (χ2v) is 14.8. The number of ether oxygens (including phenoxy) is 5. The lowest BCUT2D eigenvalue weighted by atomic mass is 9.85. The van der Waals surface area contributed by atoms with Crippen LogP contribution in [0.25, 0.3) is 40.2 Å². The van der Waals surface area contributed by atoms with E-state index in [-0.39, 0.29) is 11.1 Å². The van der Waals surface area contributed by atoms with Gasteiger partial charge in [0.2, 0.25) is 0 Å². The summed E-state index contributed by atoms with van der Waals surface area (Å²) in [5, 5.41) is 14.7. The number of carbonyl (C=O) groups excluding carboxylic acids is 1. The van der Waals surface area contributed by atoms with Crippen molar-refractivity contribution in [3.63, 3.8) is 0 Å². The van der Waals surface area contributed by atoms with Gasteiger partial charge in [0.1, 0.15) is 43.5 Å². The van der Waals surface area contributed by atoms with Crippen molar-refractivity contribution in [1.82, 2.24) is 0 Å². The summed E-state index contributed by atoms with van der Waals surface area (Å²) in [6, 6.07) is 25.1. The molecule has 5 aromatic rings. The highest BCUT2D eigenvalue weighted by Crippen LogP contribution is 2.44. The van der Waals surface area contributed by atoms with E-state index in [0.29, 0.717) is 98.4 Å². The van der Waals surface area contributed by atoms with Gasteiger partial charge in [-0.15, -0.1) is 0 Å². The van der Waals surface area contributed by atoms with Crippen LogP contribution in [0.1, 0.15) is 16.7 Å². The van der Waals surface area contributed by atoms with Gasteiger partial charge in [-0.05, 0) is 116 Å². The monoisotopic (exact) mass is 914 g/mol. The lowest BCUT2D eigenvalue weighted by Crippen LogP contribution is -2.29. The van der Waals surface area contributed by atoms with Crippen LogP contribution in [0, 0.1) is 0 Å². The van der Waals surface area contributed by atoms with Gasteiger partial charge in [-0.3, -0.25) is 4.79 Å². The molecule has 7 rings (SSSR count). The Kier molecular flexibility index (Phi) is 11.5. The SMILES string of the molecule is COc1cc(C2=CC(=CC3=C([O-])C(=Cc4cc(-c5cc(OC)c(Br)c(OC)c5)[o+]c(-c5ccccc5Cl)c4)C3=O)C=C(c3ccccc3Cl)O2)cc(OC)c1Br. The lowest BCUT2D eigenvalue weighted by molar-refractivity contribution is -0.300. The third-order valence-electron chi connectivity index (χ3n) is 8.97. The molecular weight excluding hydrogens is 887 g/mol. The molecule has 0 atom stereocenters. The largest absolute Gasteiger partial charge is 0.871 e. The Balaban J connectivity index is 1.33. The van der Waals surface area contributed by atoms with Crippen molar-refractivity contribution in [2.75, 3.05) is 28.4 Å². The van der Waals surface area contributed by atoms with E-state index in [0.717, 1.165) is 0 Å². The first kappa shape index (κ1) is 39.0. The first-order chi connectivity index (χ1) is 27.0. The zero-order valence-corrected chi connectivity index (χ0v) is 34.9. The maximum atomic E-state index is 13.8. The molecule has 0 unspecified atom stereocenters. The van der Waals surface area contributed by atoms with Gasteiger partial charge in [-0.2, -0.15) is 0 Å². The van der Waals surface area contributed by atoms with Gasteiger partial charge < -0.3 is 28.8 Å². The van der Waals surface area contributed by atoms with Gasteiger partial charge in [0.15, 0.2) is 5.78 Å². The molecular formula is C44H30Br2Cl2O8. The Morgan fingerprint density at radius 1 is 0.661 bits per heavy atom. The average Bonchev–Trinajstić information content (AvgIpc) is 3.22. The molecule has 12 heteroatoms. The number of halogens is 4. The average molecular weight is 917 g/mol. The van der Waals surface area contributed by atoms with Gasteiger partial charge in [0.25, 0.3) is 0 Å². The van der Waals surface area contributed by atoms with Crippen LogP contribution >= 0.6 is 55.1 Å². The first-order valence-electron chi connectivity index (χ1n) is 16.9. The summed E-state index contributed by atoms with van der Waals surface area (Å²) < 4.78 is 36.3. The number of hydrogen-bond donors (Lipinski definition) is 0. The number of ketones is 1. The summed E-state index contributed by atoms with van der Waals surface area (Å²) in [7, 11) is 6.19. The van der Waals surface area contributed by atoms with E-state index in [1.54, 1.807) is 101 Å². The number of allylic oxidation sites excluding steroid dienone is 6. The number of methoxy groups -OCH3 is 4. The van der Waals surface area contributed by atoms with Gasteiger partial charge >= 0.3 is 11.5 Å². The van der Waals surface area contributed by atoms with Crippen molar-refractivity contribution in [2.24, 2.45) is 0 Å². The van der Waals surface area contributed by atoms with E-state index in [1.807, 2.05) is 36.4 Å². The van der Waals surface area contributed by atoms with Crippen LogP contribution < -0.4 is 24.1 Å². The zero-order chi connectivity index (χ0) is 39.7. The summed E-state index contributed by atoms with van der Waals surface area (Å²) in [6.45, 7) is 0. The fraction of sp³-hybridized carbons (Fsp3) is 0.0909. The molecule has 1 aromatic heterocycles. The minimum absolute atomic E-state index is 0.0130. The second-order valence-electron chi connectivity index (χ2n) is 12.4. The highest BCUT2D eigenvalue weighted by atomic mass is 79.9. The summed E-state index contributed by atoms with van der Waals surface area (Å²) >= 11 is 20.2. The van der Waals surface area contributed by atoms with Crippen LogP contribution in [-0.4, -0.2) is 34.2 Å². The molecule has 2 heterocycles. The molecule has 2 aliphatic rings. The predicted octanol–water partition coefficient (Wildman–Crippen LogP) is 11.4. The third kappa shape index (κ3) is 7.62. The first-order valence-corrected chi connectivity index (χ1v) is 19.2. The Bertz CT molecular complexity index is 2540. The Labute approximate surface area is 349 Å². The predicted molar refractivity (Wildman–Crippen MR) is 224 cm³/mol. The highest BCUT2D eigenvalue weighted by molar-refractivity contribution is 9.11. The summed E-state index contributed by atoms with van der Waals surface area (Å²) in [5.41, 5.74) is 3.61. The van der Waals surface area contributed by atoms with Gasteiger partial charge in [0, 0.05) is 22.3 Å². The molecule has 56 heavy (non-hydrogen) atoms. The Hall–Kier alpha value is -5.26. The van der Waals surface area contributed by atoms with E-state index in [4.69, 9.17) is 51.3 Å². The van der Waals surface area contributed by atoms with Crippen molar-refractivity contribution in [3.8, 4) is 45.6 Å². The number of Topliss-reactive ketones (excluding diaryl/α,β-unsaturated/α-hetero) is 1. The number of hydrogen-bond acceptors (Lipinski definition) is 7. The topological polar surface area (TPSA) is 97.6 Å². The fourth-order valence-corrected chi connectivity index (χ4v) is 7.70. The number of rotatable bonds is 10. The van der Waals surface area contributed by atoms with Crippen molar-refractivity contribution in [2.45, 2.75) is 0 Å². The number of benzene rings is 4. The van der Waals surface area contributed by atoms with Crippen LogP contribution in [0.4, 0.5) is 0 Å². The van der Waals surface area contributed by atoms with Crippen molar-refractivity contribution in [3.05, 3.63) is 161 Å². The normalized spacial score (nSPS) is 15.2. The van der Waals surface area contributed by atoms with E-state index in [1.165, 1.54) is 0 Å². The third-order valence-corrected chi connectivity index (χ3v) is 11.2. The molecule has 1 aliphatic carbocycles. The van der Waals surface area contributed by atoms with Crippen LogP contribution in [0.5, 0.6) is 23.0 Å². The number of carbonyl (C=O) groups is 1. The molecule has 0 saturated carbocycles. The van der Waals surface area contributed by atoms with Crippen LogP contribution in [0.15, 0.2) is 139 Å². The quantitative estimate of drug-likeness (QED) is 0.101. The van der Waals surface area contributed by atoms with Gasteiger partial charge in [-0.25, -0.2) is 4.42 Å². The molecule has 282 valence electrons. The molecule has 0 N–H and O–H groups in total. The maximum Gasteiger partial charge on any atom is 0.362 e. The molecule has 0 spiro atoms. The molecule has 0 bridgehead atoms. The fourth-order valence-electron chi connectivity index (χ4n) is 6.13. The maximum absolute atomic E-state index is 13.8. The summed E-state index contributed by atoms with van der Waals surface area (Å²) in [6.07, 6.45) is 6.57. The second kappa shape index (κ2) is 16.5. The van der Waals surface area contributed by atoms with Gasteiger partial charge in [0.05, 0.1) is 61.7 Å². The van der Waals surface area contributed by atoms with E-state index >= 15 is 0 Å². The molecule has 1 aliphatic heterocycles. The molecule has 0 radical (unpaired) electrons. The molecule has 0 fully saturated rings.